The number of amides is 1. The molecule has 162 valence electrons. The molecule has 6 heteroatoms. The molecule has 1 amide bonds. The average molecular weight is 435 g/mol. The Hall–Kier alpha value is -4.45. The van der Waals surface area contributed by atoms with Crippen LogP contribution < -0.4 is 10.7 Å². The van der Waals surface area contributed by atoms with Gasteiger partial charge in [0.2, 0.25) is 0 Å². The predicted molar refractivity (Wildman–Crippen MR) is 127 cm³/mol. The summed E-state index contributed by atoms with van der Waals surface area (Å²) in [5, 5.41) is 8.09. The van der Waals surface area contributed by atoms with Crippen LogP contribution in [0.5, 0.6) is 0 Å². The van der Waals surface area contributed by atoms with Gasteiger partial charge in [0.25, 0.3) is 5.91 Å². The van der Waals surface area contributed by atoms with E-state index in [0.717, 1.165) is 22.4 Å². The lowest BCUT2D eigenvalue weighted by Crippen LogP contribution is -2.24. The van der Waals surface area contributed by atoms with Gasteiger partial charge < -0.3 is 9.73 Å². The van der Waals surface area contributed by atoms with Gasteiger partial charge in [0, 0.05) is 29.9 Å². The van der Waals surface area contributed by atoms with Gasteiger partial charge in [0.15, 0.2) is 11.2 Å². The van der Waals surface area contributed by atoms with Crippen molar-refractivity contribution >= 4 is 16.9 Å². The van der Waals surface area contributed by atoms with E-state index < -0.39 is 5.91 Å². The zero-order chi connectivity index (χ0) is 22.6. The second kappa shape index (κ2) is 8.96. The fourth-order valence-electron chi connectivity index (χ4n) is 3.76. The van der Waals surface area contributed by atoms with Gasteiger partial charge in [-0.15, -0.1) is 0 Å². The number of rotatable bonds is 6. The third-order valence-electron chi connectivity index (χ3n) is 5.37. The Morgan fingerprint density at radius 1 is 0.909 bits per heavy atom. The van der Waals surface area contributed by atoms with E-state index in [1.54, 1.807) is 24.3 Å². The molecule has 5 rings (SSSR count). The molecule has 2 aromatic heterocycles. The van der Waals surface area contributed by atoms with Crippen LogP contribution in [0.3, 0.4) is 0 Å². The van der Waals surface area contributed by atoms with Gasteiger partial charge in [-0.2, -0.15) is 5.10 Å². The molecule has 5 aromatic rings. The van der Waals surface area contributed by atoms with Crippen molar-refractivity contribution in [2.45, 2.75) is 13.1 Å². The fraction of sp³-hybridized carbons (Fsp3) is 0.0741. The minimum atomic E-state index is -0.451. The highest BCUT2D eigenvalue weighted by molar-refractivity contribution is 5.93. The van der Waals surface area contributed by atoms with E-state index in [4.69, 9.17) is 9.52 Å². The highest BCUT2D eigenvalue weighted by Crippen LogP contribution is 2.22. The summed E-state index contributed by atoms with van der Waals surface area (Å²) < 4.78 is 7.53. The SMILES string of the molecule is O=C(NCc1cn(Cc2ccccc2)nc1-c1ccccc1)c1cc(=O)c2ccccc2o1. The largest absolute Gasteiger partial charge is 0.451 e. The van der Waals surface area contributed by atoms with Crippen molar-refractivity contribution in [3.8, 4) is 11.3 Å². The molecule has 0 spiro atoms. The van der Waals surface area contributed by atoms with Crippen LogP contribution in [-0.2, 0) is 13.1 Å². The van der Waals surface area contributed by atoms with Gasteiger partial charge in [-0.3, -0.25) is 14.3 Å². The van der Waals surface area contributed by atoms with Crippen LogP contribution in [0.1, 0.15) is 21.7 Å². The molecule has 1 N–H and O–H groups in total. The summed E-state index contributed by atoms with van der Waals surface area (Å²) in [6.07, 6.45) is 1.94. The molecule has 0 saturated carbocycles. The molecule has 0 aliphatic rings. The van der Waals surface area contributed by atoms with Gasteiger partial charge in [-0.05, 0) is 17.7 Å². The minimum absolute atomic E-state index is 0.0170. The van der Waals surface area contributed by atoms with Crippen LogP contribution >= 0.6 is 0 Å². The second-order valence-corrected chi connectivity index (χ2v) is 7.71. The number of para-hydroxylation sites is 1. The average Bonchev–Trinajstić information content (AvgIpc) is 3.26. The first-order valence-electron chi connectivity index (χ1n) is 10.6. The minimum Gasteiger partial charge on any atom is -0.451 e. The van der Waals surface area contributed by atoms with E-state index in [-0.39, 0.29) is 17.7 Å². The standard InChI is InChI=1S/C27H21N3O3/c31-23-15-25(33-24-14-8-7-13-22(23)24)27(32)28-16-21-18-30(17-19-9-3-1-4-10-19)29-26(21)20-11-5-2-6-12-20/h1-15,18H,16-17H2,(H,28,32). The molecular weight excluding hydrogens is 414 g/mol. The first-order chi connectivity index (χ1) is 16.2. The van der Waals surface area contributed by atoms with Crippen LogP contribution in [0.15, 0.2) is 106 Å². The molecule has 33 heavy (non-hydrogen) atoms. The Morgan fingerprint density at radius 2 is 1.61 bits per heavy atom. The van der Waals surface area contributed by atoms with Crippen LogP contribution in [0, 0.1) is 0 Å². The quantitative estimate of drug-likeness (QED) is 0.422. The maximum Gasteiger partial charge on any atom is 0.287 e. The van der Waals surface area contributed by atoms with Crippen molar-refractivity contribution in [2.24, 2.45) is 0 Å². The van der Waals surface area contributed by atoms with Crippen molar-refractivity contribution in [2.75, 3.05) is 0 Å². The Kier molecular flexibility index (Phi) is 5.55. The second-order valence-electron chi connectivity index (χ2n) is 7.71. The van der Waals surface area contributed by atoms with Crippen molar-refractivity contribution < 1.29 is 9.21 Å². The summed E-state index contributed by atoms with van der Waals surface area (Å²) in [6, 6.07) is 28.0. The zero-order valence-electron chi connectivity index (χ0n) is 17.8. The highest BCUT2D eigenvalue weighted by atomic mass is 16.3. The molecule has 6 nitrogen and oxygen atoms in total. The van der Waals surface area contributed by atoms with E-state index in [0.29, 0.717) is 17.5 Å². The summed E-state index contributed by atoms with van der Waals surface area (Å²) in [6.45, 7) is 0.864. The highest BCUT2D eigenvalue weighted by Gasteiger charge is 2.16. The zero-order valence-corrected chi connectivity index (χ0v) is 17.8. The molecule has 0 saturated heterocycles. The molecule has 3 aromatic carbocycles. The Balaban J connectivity index is 1.41. The van der Waals surface area contributed by atoms with Gasteiger partial charge in [0.05, 0.1) is 17.6 Å². The molecule has 0 fully saturated rings. The maximum absolute atomic E-state index is 12.8. The predicted octanol–water partition coefficient (Wildman–Crippen LogP) is 4.63. The number of hydrogen-bond donors (Lipinski definition) is 1. The van der Waals surface area contributed by atoms with Crippen molar-refractivity contribution in [3.63, 3.8) is 0 Å². The van der Waals surface area contributed by atoms with E-state index in [9.17, 15) is 9.59 Å². The van der Waals surface area contributed by atoms with E-state index >= 15 is 0 Å². The van der Waals surface area contributed by atoms with Gasteiger partial charge in [0.1, 0.15) is 5.58 Å². The van der Waals surface area contributed by atoms with Crippen LogP contribution in [0.4, 0.5) is 0 Å². The molecule has 0 bridgehead atoms. The van der Waals surface area contributed by atoms with Crippen LogP contribution in [0.25, 0.3) is 22.2 Å². The number of aromatic nitrogens is 2. The first-order valence-corrected chi connectivity index (χ1v) is 10.6. The maximum atomic E-state index is 12.8. The van der Waals surface area contributed by atoms with Gasteiger partial charge >= 0.3 is 0 Å². The van der Waals surface area contributed by atoms with Crippen molar-refractivity contribution in [1.29, 1.82) is 0 Å². The summed E-state index contributed by atoms with van der Waals surface area (Å²) in [4.78, 5) is 25.1. The summed E-state index contributed by atoms with van der Waals surface area (Å²) in [7, 11) is 0. The summed E-state index contributed by atoms with van der Waals surface area (Å²) in [5.74, 6) is -0.468. The normalized spacial score (nSPS) is 10.9. The number of carbonyl (C=O) groups excluding carboxylic acids is 1. The molecule has 0 radical (unpaired) electrons. The topological polar surface area (TPSA) is 77.1 Å². The summed E-state index contributed by atoms with van der Waals surface area (Å²) >= 11 is 0. The lowest BCUT2D eigenvalue weighted by Gasteiger charge is -2.06. The lowest BCUT2D eigenvalue weighted by atomic mass is 10.1. The number of benzene rings is 3. The van der Waals surface area contributed by atoms with Crippen molar-refractivity contribution in [3.05, 3.63) is 124 Å². The summed E-state index contributed by atoms with van der Waals surface area (Å²) in [5.41, 5.74) is 3.90. The number of nitrogens with zero attached hydrogens (tertiary/aromatic N) is 2. The number of fused-ring (bicyclic) bond motifs is 1. The molecule has 0 aliphatic carbocycles. The number of hydrogen-bond acceptors (Lipinski definition) is 4. The van der Waals surface area contributed by atoms with Crippen LogP contribution in [-0.4, -0.2) is 15.7 Å². The Morgan fingerprint density at radius 3 is 2.39 bits per heavy atom. The van der Waals surface area contributed by atoms with E-state index in [1.165, 1.54) is 6.07 Å². The van der Waals surface area contributed by atoms with Gasteiger partial charge in [-0.1, -0.05) is 72.8 Å². The number of carbonyl (C=O) groups is 1. The molecule has 0 atom stereocenters. The van der Waals surface area contributed by atoms with Crippen LogP contribution in [0.2, 0.25) is 0 Å². The Bertz CT molecular complexity index is 1470. The molecule has 0 unspecified atom stereocenters. The third kappa shape index (κ3) is 4.45. The third-order valence-corrected chi connectivity index (χ3v) is 5.37. The lowest BCUT2D eigenvalue weighted by molar-refractivity contribution is 0.0924. The van der Waals surface area contributed by atoms with E-state index in [1.807, 2.05) is 71.5 Å². The fourth-order valence-corrected chi connectivity index (χ4v) is 3.76. The van der Waals surface area contributed by atoms with Crippen molar-refractivity contribution in [1.82, 2.24) is 15.1 Å². The Labute approximate surface area is 190 Å². The first kappa shape index (κ1) is 20.5. The molecule has 0 aliphatic heterocycles. The number of nitrogens with one attached hydrogen (secondary N) is 1. The monoisotopic (exact) mass is 435 g/mol. The molecular formula is C27H21N3O3. The molecule has 2 heterocycles. The van der Waals surface area contributed by atoms with E-state index in [2.05, 4.69) is 5.32 Å². The van der Waals surface area contributed by atoms with Gasteiger partial charge in [-0.25, -0.2) is 0 Å². The smallest absolute Gasteiger partial charge is 0.287 e.